The van der Waals surface area contributed by atoms with Crippen molar-refractivity contribution in [3.63, 3.8) is 0 Å². The van der Waals surface area contributed by atoms with E-state index in [-0.39, 0.29) is 29.3 Å². The molecule has 0 aromatic heterocycles. The number of hydrogen-bond acceptors (Lipinski definition) is 6. The van der Waals surface area contributed by atoms with Gasteiger partial charge in [-0.3, -0.25) is 4.79 Å². The topological polar surface area (TPSA) is 85.2 Å². The molecule has 6 nitrogen and oxygen atoms in total. The Balaban J connectivity index is 1.64. The van der Waals surface area contributed by atoms with Crippen molar-refractivity contribution >= 4 is 17.9 Å². The summed E-state index contributed by atoms with van der Waals surface area (Å²) >= 11 is 0. The smallest absolute Gasteiger partial charge is 0.174 e. The normalized spacial score (nSPS) is 20.3. The minimum atomic E-state index is -0.728. The van der Waals surface area contributed by atoms with Crippen LogP contribution in [0.1, 0.15) is 86.7 Å². The number of allylic oxidation sites excluding steroid dienone is 2. The van der Waals surface area contributed by atoms with Crippen molar-refractivity contribution in [1.82, 2.24) is 0 Å². The monoisotopic (exact) mass is 488 g/mol. The van der Waals surface area contributed by atoms with Crippen LogP contribution < -0.4 is 14.2 Å². The average molecular weight is 489 g/mol. The summed E-state index contributed by atoms with van der Waals surface area (Å²) in [6, 6.07) is 3.37. The third-order valence-corrected chi connectivity index (χ3v) is 6.70. The maximum absolute atomic E-state index is 13.4. The summed E-state index contributed by atoms with van der Waals surface area (Å²) in [5.74, 6) is 1.01. The zero-order valence-corrected chi connectivity index (χ0v) is 21.6. The molecule has 0 aliphatic carbocycles. The van der Waals surface area contributed by atoms with Gasteiger partial charge in [-0.05, 0) is 72.3 Å². The van der Waals surface area contributed by atoms with Gasteiger partial charge in [0.25, 0.3) is 0 Å². The van der Waals surface area contributed by atoms with Crippen LogP contribution in [0.3, 0.4) is 0 Å². The van der Waals surface area contributed by atoms with Crippen molar-refractivity contribution in [3.8, 4) is 28.7 Å². The number of phenolic OH excluding ortho intramolecular Hbond substituents is 2. The second kappa shape index (κ2) is 8.19. The molecule has 0 spiro atoms. The quantitative estimate of drug-likeness (QED) is 0.469. The van der Waals surface area contributed by atoms with Crippen LogP contribution in [0.5, 0.6) is 28.7 Å². The Morgan fingerprint density at radius 1 is 1.03 bits per heavy atom. The molecule has 0 amide bonds. The molecule has 3 aliphatic heterocycles. The molecule has 5 rings (SSSR count). The Morgan fingerprint density at radius 3 is 2.44 bits per heavy atom. The molecule has 3 heterocycles. The number of phenols is 2. The Labute approximate surface area is 211 Å². The van der Waals surface area contributed by atoms with Crippen LogP contribution in [0, 0.1) is 0 Å². The molecule has 6 heteroatoms. The van der Waals surface area contributed by atoms with Gasteiger partial charge in [0, 0.05) is 22.8 Å². The number of carbonyl (C=O) groups excluding carboxylic acids is 1. The molecule has 2 aromatic carbocycles. The first-order chi connectivity index (χ1) is 16.8. The Hall–Kier alpha value is -3.67. The van der Waals surface area contributed by atoms with Crippen LogP contribution in [0.15, 0.2) is 35.9 Å². The van der Waals surface area contributed by atoms with E-state index in [0.29, 0.717) is 40.4 Å². The fourth-order valence-corrected chi connectivity index (χ4v) is 4.81. The van der Waals surface area contributed by atoms with Gasteiger partial charge in [0.05, 0.1) is 12.0 Å². The zero-order valence-electron chi connectivity index (χ0n) is 21.6. The first-order valence-electron chi connectivity index (χ1n) is 12.2. The van der Waals surface area contributed by atoms with E-state index in [1.165, 1.54) is 0 Å². The van der Waals surface area contributed by atoms with Crippen molar-refractivity contribution in [1.29, 1.82) is 0 Å². The first-order valence-corrected chi connectivity index (χ1v) is 12.2. The van der Waals surface area contributed by atoms with Gasteiger partial charge in [-0.15, -0.1) is 0 Å². The minimum absolute atomic E-state index is 0.00514. The number of benzene rings is 2. The number of rotatable bonds is 3. The van der Waals surface area contributed by atoms with Crippen LogP contribution in [0.2, 0.25) is 0 Å². The van der Waals surface area contributed by atoms with Crippen LogP contribution in [-0.2, 0) is 6.42 Å². The van der Waals surface area contributed by atoms with Gasteiger partial charge in [0.2, 0.25) is 0 Å². The summed E-state index contributed by atoms with van der Waals surface area (Å²) in [6.45, 7) is 11.8. The lowest BCUT2D eigenvalue weighted by atomic mass is 9.87. The Morgan fingerprint density at radius 2 is 1.72 bits per heavy atom. The molecule has 3 aliphatic rings. The van der Waals surface area contributed by atoms with Gasteiger partial charge < -0.3 is 24.4 Å². The zero-order chi connectivity index (χ0) is 26.0. The largest absolute Gasteiger partial charge is 0.507 e. The molecule has 188 valence electrons. The number of hydrogen-bond donors (Lipinski definition) is 2. The van der Waals surface area contributed by atoms with Gasteiger partial charge >= 0.3 is 0 Å². The fourth-order valence-electron chi connectivity index (χ4n) is 4.81. The standard InChI is InChI=1S/C30H32O6/c1-16(2)7-8-19-27-18(10-12-30(5,6)36-27)26(33)25-22(32)15-24(34-28(19)25)20-13-17-9-11-29(3,4)35-23(17)14-21(20)31/h7,9-14,24,31,33H,8,15H2,1-6H3. The molecular formula is C30H32O6. The maximum atomic E-state index is 13.4. The third-order valence-electron chi connectivity index (χ3n) is 6.70. The average Bonchev–Trinajstić information content (AvgIpc) is 2.76. The van der Waals surface area contributed by atoms with E-state index in [1.807, 2.05) is 71.9 Å². The number of carbonyl (C=O) groups is 1. The molecule has 0 saturated heterocycles. The molecule has 0 radical (unpaired) electrons. The molecular weight excluding hydrogens is 456 g/mol. The molecule has 1 unspecified atom stereocenters. The number of Topliss-reactive ketones (excluding diaryl/α,β-unsaturated/α-hetero) is 1. The molecule has 2 N–H and O–H groups in total. The van der Waals surface area contributed by atoms with Gasteiger partial charge in [-0.2, -0.15) is 0 Å². The Bertz CT molecular complexity index is 1370. The fraction of sp³-hybridized carbons (Fsp3) is 0.367. The van der Waals surface area contributed by atoms with Gasteiger partial charge in [0.15, 0.2) is 5.78 Å². The second-order valence-corrected chi connectivity index (χ2v) is 11.0. The lowest BCUT2D eigenvalue weighted by Gasteiger charge is -2.34. The van der Waals surface area contributed by atoms with E-state index < -0.39 is 17.3 Å². The minimum Gasteiger partial charge on any atom is -0.507 e. The lowest BCUT2D eigenvalue weighted by molar-refractivity contribution is 0.0836. The van der Waals surface area contributed by atoms with Gasteiger partial charge in [-0.1, -0.05) is 17.7 Å². The number of ketones is 1. The number of ether oxygens (including phenoxy) is 3. The summed E-state index contributed by atoms with van der Waals surface area (Å²) in [5.41, 5.74) is 2.70. The highest BCUT2D eigenvalue weighted by Gasteiger charge is 2.39. The van der Waals surface area contributed by atoms with E-state index in [2.05, 4.69) is 0 Å². The number of aromatic hydroxyl groups is 2. The van der Waals surface area contributed by atoms with E-state index in [9.17, 15) is 15.0 Å². The summed E-state index contributed by atoms with van der Waals surface area (Å²) in [4.78, 5) is 13.4. The van der Waals surface area contributed by atoms with Crippen molar-refractivity contribution in [3.05, 3.63) is 63.8 Å². The van der Waals surface area contributed by atoms with Crippen LogP contribution in [-0.4, -0.2) is 27.2 Å². The van der Waals surface area contributed by atoms with E-state index in [1.54, 1.807) is 12.1 Å². The summed E-state index contributed by atoms with van der Waals surface area (Å²) in [7, 11) is 0. The summed E-state index contributed by atoms with van der Waals surface area (Å²) in [5, 5.41) is 22.0. The maximum Gasteiger partial charge on any atom is 0.174 e. The van der Waals surface area contributed by atoms with E-state index in [4.69, 9.17) is 14.2 Å². The van der Waals surface area contributed by atoms with E-state index in [0.717, 1.165) is 11.1 Å². The predicted molar refractivity (Wildman–Crippen MR) is 139 cm³/mol. The number of fused-ring (bicyclic) bond motifs is 3. The van der Waals surface area contributed by atoms with Gasteiger partial charge in [-0.25, -0.2) is 0 Å². The van der Waals surface area contributed by atoms with E-state index >= 15 is 0 Å². The van der Waals surface area contributed by atoms with Crippen molar-refractivity contribution in [2.24, 2.45) is 0 Å². The molecule has 0 bridgehead atoms. The molecule has 0 saturated carbocycles. The van der Waals surface area contributed by atoms with Crippen LogP contribution in [0.25, 0.3) is 12.2 Å². The van der Waals surface area contributed by atoms with Crippen molar-refractivity contribution < 1.29 is 29.2 Å². The first kappa shape index (κ1) is 24.0. The van der Waals surface area contributed by atoms with Crippen molar-refractivity contribution in [2.45, 2.75) is 71.7 Å². The van der Waals surface area contributed by atoms with Gasteiger partial charge in [0.1, 0.15) is 51.6 Å². The highest BCUT2D eigenvalue weighted by atomic mass is 16.5. The van der Waals surface area contributed by atoms with Crippen LogP contribution in [0.4, 0.5) is 0 Å². The molecule has 0 fully saturated rings. The molecule has 36 heavy (non-hydrogen) atoms. The summed E-state index contributed by atoms with van der Waals surface area (Å²) in [6.07, 6.45) is 9.35. The Kier molecular flexibility index (Phi) is 5.47. The van der Waals surface area contributed by atoms with Crippen LogP contribution >= 0.6 is 0 Å². The third kappa shape index (κ3) is 4.15. The SMILES string of the molecule is CC(C)=CCc1c2c(c(O)c3c1OC(c1cc4c(cc1O)OC(C)(C)C=C4)CC3=O)C=CC(C)(C)O2. The second-order valence-electron chi connectivity index (χ2n) is 11.0. The highest BCUT2D eigenvalue weighted by Crippen LogP contribution is 2.52. The van der Waals surface area contributed by atoms with Crippen molar-refractivity contribution in [2.75, 3.05) is 0 Å². The molecule has 1 atom stereocenters. The summed E-state index contributed by atoms with van der Waals surface area (Å²) < 4.78 is 18.7. The lowest BCUT2D eigenvalue weighted by Crippen LogP contribution is -2.30. The molecule has 2 aromatic rings. The predicted octanol–water partition coefficient (Wildman–Crippen LogP) is 6.68. The highest BCUT2D eigenvalue weighted by molar-refractivity contribution is 6.05.